The Balaban J connectivity index is 1.45. The molecule has 2 aromatic carbocycles. The van der Waals surface area contributed by atoms with Gasteiger partial charge in [-0.2, -0.15) is 0 Å². The van der Waals surface area contributed by atoms with Gasteiger partial charge in [0, 0.05) is 45.0 Å². The molecule has 1 unspecified atom stereocenters. The van der Waals surface area contributed by atoms with Crippen LogP contribution in [0.5, 0.6) is 11.5 Å². The first-order valence-electron chi connectivity index (χ1n) is 11.2. The Morgan fingerprint density at radius 3 is 2.29 bits per heavy atom. The van der Waals surface area contributed by atoms with Crippen molar-refractivity contribution in [2.75, 3.05) is 58.6 Å². The SMILES string of the molecule is COc1ccc(CN(Cc2ccc(N3CCOCC3)cc2)CC2CCCO2)cc1OC. The highest BCUT2D eigenvalue weighted by atomic mass is 16.5. The molecule has 6 nitrogen and oxygen atoms in total. The van der Waals surface area contributed by atoms with Crippen molar-refractivity contribution >= 4 is 5.69 Å². The van der Waals surface area contributed by atoms with Crippen molar-refractivity contribution in [1.82, 2.24) is 4.90 Å². The second kappa shape index (κ2) is 10.8. The molecule has 6 heteroatoms. The Hall–Kier alpha value is -2.28. The van der Waals surface area contributed by atoms with Crippen LogP contribution >= 0.6 is 0 Å². The lowest BCUT2D eigenvalue weighted by atomic mass is 10.1. The minimum Gasteiger partial charge on any atom is -0.493 e. The minimum absolute atomic E-state index is 0.313. The number of ether oxygens (including phenoxy) is 4. The zero-order valence-electron chi connectivity index (χ0n) is 18.7. The van der Waals surface area contributed by atoms with Gasteiger partial charge in [0.2, 0.25) is 0 Å². The highest BCUT2D eigenvalue weighted by molar-refractivity contribution is 5.48. The topological polar surface area (TPSA) is 43.4 Å². The van der Waals surface area contributed by atoms with Crippen molar-refractivity contribution < 1.29 is 18.9 Å². The third kappa shape index (κ3) is 5.91. The van der Waals surface area contributed by atoms with E-state index in [1.54, 1.807) is 14.2 Å². The van der Waals surface area contributed by atoms with E-state index in [1.165, 1.54) is 16.8 Å². The van der Waals surface area contributed by atoms with Crippen LogP contribution in [-0.4, -0.2) is 64.7 Å². The van der Waals surface area contributed by atoms with Crippen LogP contribution < -0.4 is 14.4 Å². The molecule has 0 bridgehead atoms. The number of hydrogen-bond donors (Lipinski definition) is 0. The molecule has 0 N–H and O–H groups in total. The van der Waals surface area contributed by atoms with E-state index in [4.69, 9.17) is 18.9 Å². The monoisotopic (exact) mass is 426 g/mol. The fourth-order valence-electron chi connectivity index (χ4n) is 4.39. The zero-order chi connectivity index (χ0) is 21.5. The van der Waals surface area contributed by atoms with Crippen LogP contribution in [0.4, 0.5) is 5.69 Å². The van der Waals surface area contributed by atoms with E-state index in [9.17, 15) is 0 Å². The third-order valence-corrected chi connectivity index (χ3v) is 6.06. The Kier molecular flexibility index (Phi) is 7.67. The first-order chi connectivity index (χ1) is 15.2. The van der Waals surface area contributed by atoms with E-state index in [-0.39, 0.29) is 0 Å². The van der Waals surface area contributed by atoms with Crippen LogP contribution in [-0.2, 0) is 22.6 Å². The van der Waals surface area contributed by atoms with Crippen LogP contribution in [0, 0.1) is 0 Å². The summed E-state index contributed by atoms with van der Waals surface area (Å²) in [6, 6.07) is 15.1. The second-order valence-corrected chi connectivity index (χ2v) is 8.26. The minimum atomic E-state index is 0.313. The Morgan fingerprint density at radius 1 is 0.903 bits per heavy atom. The van der Waals surface area contributed by atoms with E-state index in [0.717, 1.165) is 76.9 Å². The van der Waals surface area contributed by atoms with E-state index < -0.39 is 0 Å². The van der Waals surface area contributed by atoms with Gasteiger partial charge in [-0.3, -0.25) is 4.90 Å². The lowest BCUT2D eigenvalue weighted by molar-refractivity contribution is 0.0679. The predicted octanol–water partition coefficient (Wildman–Crippen LogP) is 3.72. The average molecular weight is 427 g/mol. The van der Waals surface area contributed by atoms with Crippen LogP contribution in [0.2, 0.25) is 0 Å². The molecular weight excluding hydrogens is 392 g/mol. The number of hydrogen-bond acceptors (Lipinski definition) is 6. The number of rotatable bonds is 9. The van der Waals surface area contributed by atoms with E-state index in [2.05, 4.69) is 46.2 Å². The Bertz CT molecular complexity index is 815. The molecule has 0 aliphatic carbocycles. The lowest BCUT2D eigenvalue weighted by Gasteiger charge is -2.29. The van der Waals surface area contributed by atoms with Crippen molar-refractivity contribution in [3.8, 4) is 11.5 Å². The maximum atomic E-state index is 5.93. The summed E-state index contributed by atoms with van der Waals surface area (Å²) in [5, 5.41) is 0. The Morgan fingerprint density at radius 2 is 1.61 bits per heavy atom. The Labute approximate surface area is 185 Å². The molecule has 2 aromatic rings. The van der Waals surface area contributed by atoms with Crippen molar-refractivity contribution in [2.24, 2.45) is 0 Å². The van der Waals surface area contributed by atoms with E-state index in [0.29, 0.717) is 6.10 Å². The van der Waals surface area contributed by atoms with Gasteiger partial charge in [0.05, 0.1) is 33.5 Å². The van der Waals surface area contributed by atoms with Gasteiger partial charge in [-0.1, -0.05) is 18.2 Å². The quantitative estimate of drug-likeness (QED) is 0.609. The van der Waals surface area contributed by atoms with Crippen molar-refractivity contribution in [3.63, 3.8) is 0 Å². The smallest absolute Gasteiger partial charge is 0.161 e. The fraction of sp³-hybridized carbons (Fsp3) is 0.520. The molecule has 2 aliphatic heterocycles. The van der Waals surface area contributed by atoms with Crippen LogP contribution in [0.25, 0.3) is 0 Å². The first-order valence-corrected chi connectivity index (χ1v) is 11.2. The molecule has 0 amide bonds. The van der Waals surface area contributed by atoms with Gasteiger partial charge in [0.1, 0.15) is 0 Å². The first kappa shape index (κ1) is 21.9. The average Bonchev–Trinajstić information content (AvgIpc) is 3.33. The molecule has 2 aliphatic rings. The summed E-state index contributed by atoms with van der Waals surface area (Å²) >= 11 is 0. The van der Waals surface area contributed by atoms with Gasteiger partial charge >= 0.3 is 0 Å². The molecule has 2 heterocycles. The van der Waals surface area contributed by atoms with Gasteiger partial charge in [-0.15, -0.1) is 0 Å². The van der Waals surface area contributed by atoms with Crippen LogP contribution in [0.3, 0.4) is 0 Å². The highest BCUT2D eigenvalue weighted by Crippen LogP contribution is 2.29. The number of methoxy groups -OCH3 is 2. The fourth-order valence-corrected chi connectivity index (χ4v) is 4.39. The molecular formula is C25H34N2O4. The molecule has 0 radical (unpaired) electrons. The van der Waals surface area contributed by atoms with Gasteiger partial charge in [-0.25, -0.2) is 0 Å². The summed E-state index contributed by atoms with van der Waals surface area (Å²) in [5.74, 6) is 1.53. The standard InChI is InChI=1S/C25H34N2O4/c1-28-24-10-7-21(16-25(24)29-2)18-26(19-23-4-3-13-31-23)17-20-5-8-22(9-6-20)27-11-14-30-15-12-27/h5-10,16,23H,3-4,11-15,17-19H2,1-2H3. The van der Waals surface area contributed by atoms with E-state index in [1.807, 2.05) is 6.07 Å². The summed E-state index contributed by atoms with van der Waals surface area (Å²) in [6.07, 6.45) is 2.61. The number of benzene rings is 2. The highest BCUT2D eigenvalue weighted by Gasteiger charge is 2.20. The predicted molar refractivity (Wildman–Crippen MR) is 122 cm³/mol. The van der Waals surface area contributed by atoms with Crippen LogP contribution in [0.1, 0.15) is 24.0 Å². The molecule has 0 saturated carbocycles. The summed E-state index contributed by atoms with van der Waals surface area (Å²) < 4.78 is 22.3. The maximum absolute atomic E-state index is 5.93. The summed E-state index contributed by atoms with van der Waals surface area (Å²) in [6.45, 7) is 7.07. The molecule has 0 spiro atoms. The molecule has 4 rings (SSSR count). The van der Waals surface area contributed by atoms with E-state index >= 15 is 0 Å². The normalized spacial score (nSPS) is 19.1. The molecule has 168 valence electrons. The summed E-state index contributed by atoms with van der Waals surface area (Å²) in [4.78, 5) is 4.86. The number of anilines is 1. The molecule has 31 heavy (non-hydrogen) atoms. The maximum Gasteiger partial charge on any atom is 0.161 e. The summed E-state index contributed by atoms with van der Waals surface area (Å²) in [7, 11) is 3.35. The van der Waals surface area contributed by atoms with Crippen LogP contribution in [0.15, 0.2) is 42.5 Å². The van der Waals surface area contributed by atoms with Gasteiger partial charge in [-0.05, 0) is 48.2 Å². The van der Waals surface area contributed by atoms with Gasteiger partial charge in [0.15, 0.2) is 11.5 Å². The van der Waals surface area contributed by atoms with Gasteiger partial charge < -0.3 is 23.8 Å². The third-order valence-electron chi connectivity index (χ3n) is 6.06. The largest absolute Gasteiger partial charge is 0.493 e. The lowest BCUT2D eigenvalue weighted by Crippen LogP contribution is -2.36. The number of morpholine rings is 1. The zero-order valence-corrected chi connectivity index (χ0v) is 18.7. The molecule has 1 atom stereocenters. The molecule has 2 saturated heterocycles. The molecule has 0 aromatic heterocycles. The van der Waals surface area contributed by atoms with Crippen molar-refractivity contribution in [2.45, 2.75) is 32.0 Å². The number of nitrogens with zero attached hydrogens (tertiary/aromatic N) is 2. The van der Waals surface area contributed by atoms with Crippen molar-refractivity contribution in [1.29, 1.82) is 0 Å². The second-order valence-electron chi connectivity index (χ2n) is 8.26. The van der Waals surface area contributed by atoms with Gasteiger partial charge in [0.25, 0.3) is 0 Å². The van der Waals surface area contributed by atoms with Crippen molar-refractivity contribution in [3.05, 3.63) is 53.6 Å². The summed E-state index contributed by atoms with van der Waals surface area (Å²) in [5.41, 5.74) is 3.80. The molecule has 2 fully saturated rings.